The highest BCUT2D eigenvalue weighted by Crippen LogP contribution is 2.45. The molecule has 2 aliphatic carbocycles. The Morgan fingerprint density at radius 3 is 2.22 bits per heavy atom. The van der Waals surface area contributed by atoms with Crippen molar-refractivity contribution in [1.82, 2.24) is 0 Å². The Morgan fingerprint density at radius 1 is 1.11 bits per heavy atom. The summed E-state index contributed by atoms with van der Waals surface area (Å²) < 4.78 is 7.59. The molecule has 2 aliphatic rings. The molecule has 3 atom stereocenters. The maximum Gasteiger partial charge on any atom is 0.0272 e. The second-order valence-electron chi connectivity index (χ2n) is 2.95. The van der Waals surface area contributed by atoms with Gasteiger partial charge in [0.05, 0.1) is 0 Å². The van der Waals surface area contributed by atoms with Gasteiger partial charge in [-0.15, -0.1) is 11.8 Å². The minimum absolute atomic E-state index is 0.265. The molecule has 0 amide bonds. The first kappa shape index (κ1) is 4.39. The monoisotopic (exact) mass is 121 g/mol. The first-order valence-electron chi connectivity index (χ1n) is 4.35. The lowest BCUT2D eigenvalue weighted by Gasteiger charge is -1.96. The molecule has 0 N–H and O–H groups in total. The average molecular weight is 121 g/mol. The van der Waals surface area contributed by atoms with Crippen LogP contribution in [-0.4, -0.2) is 0 Å². The highest BCUT2D eigenvalue weighted by atomic mass is 14.4. The molecule has 0 heteroatoms. The van der Waals surface area contributed by atoms with Crippen LogP contribution in [0.4, 0.5) is 0 Å². The van der Waals surface area contributed by atoms with Gasteiger partial charge in [0, 0.05) is 14.2 Å². The van der Waals surface area contributed by atoms with Crippen LogP contribution in [0.5, 0.6) is 0 Å². The van der Waals surface area contributed by atoms with Crippen molar-refractivity contribution in [2.45, 2.75) is 32.1 Å². The van der Waals surface area contributed by atoms with Crippen molar-refractivity contribution in [3.63, 3.8) is 0 Å². The molecule has 0 aliphatic heterocycles. The van der Waals surface area contributed by atoms with Crippen molar-refractivity contribution in [3.05, 3.63) is 0 Å². The van der Waals surface area contributed by atoms with Crippen LogP contribution < -0.4 is 0 Å². The highest BCUT2D eigenvalue weighted by Gasteiger charge is 2.35. The van der Waals surface area contributed by atoms with Crippen molar-refractivity contribution in [2.75, 3.05) is 0 Å². The molecular formula is C9H12. The van der Waals surface area contributed by atoms with E-state index in [-0.39, 0.29) is 6.40 Å². The Labute approximate surface area is 58.1 Å². The molecule has 2 rings (SSSR count). The number of hydrogen-bond donors (Lipinski definition) is 0. The van der Waals surface area contributed by atoms with Crippen LogP contribution in [-0.2, 0) is 0 Å². The largest absolute Gasteiger partial charge is 0.103 e. The van der Waals surface area contributed by atoms with Gasteiger partial charge in [0.15, 0.2) is 0 Å². The van der Waals surface area contributed by atoms with Gasteiger partial charge in [-0.2, -0.15) is 0 Å². The Morgan fingerprint density at radius 2 is 1.67 bits per heavy atom. The van der Waals surface area contributed by atoms with Gasteiger partial charge in [-0.3, -0.25) is 0 Å². The second kappa shape index (κ2) is 2.06. The standard InChI is InChI=1S/C9H12/c1-2-4-6-9-7-8(9)5-3-1/h8-9H,3-7H2/t8-,9+/i7D/t7?,8-,9+. The first-order chi connectivity index (χ1) is 4.89. The molecule has 0 nitrogen and oxygen atoms in total. The molecule has 48 valence electrons. The van der Waals surface area contributed by atoms with Crippen LogP contribution in [0.2, 0.25) is 0 Å². The zero-order valence-electron chi connectivity index (χ0n) is 6.56. The molecule has 0 aromatic heterocycles. The van der Waals surface area contributed by atoms with Crippen LogP contribution in [0.15, 0.2) is 0 Å². The van der Waals surface area contributed by atoms with E-state index in [1.54, 1.807) is 0 Å². The van der Waals surface area contributed by atoms with Gasteiger partial charge in [-0.05, 0) is 31.1 Å². The summed E-state index contributed by atoms with van der Waals surface area (Å²) in [7, 11) is 0. The Hall–Kier alpha value is -0.440. The molecule has 1 saturated carbocycles. The predicted molar refractivity (Wildman–Crippen MR) is 37.8 cm³/mol. The summed E-state index contributed by atoms with van der Waals surface area (Å²) in [5.41, 5.74) is 0. The van der Waals surface area contributed by atoms with Crippen molar-refractivity contribution < 1.29 is 1.37 Å². The zero-order valence-corrected chi connectivity index (χ0v) is 5.56. The molecule has 0 radical (unpaired) electrons. The minimum Gasteiger partial charge on any atom is -0.103 e. The minimum atomic E-state index is 0.265. The first-order valence-corrected chi connectivity index (χ1v) is 3.77. The van der Waals surface area contributed by atoms with E-state index in [1.807, 2.05) is 0 Å². The SMILES string of the molecule is [2H]C1[C@H]2CCC#CCC[C@@H]12. The van der Waals surface area contributed by atoms with Gasteiger partial charge in [0.1, 0.15) is 0 Å². The van der Waals surface area contributed by atoms with Crippen LogP contribution in [0.25, 0.3) is 0 Å². The zero-order chi connectivity index (χ0) is 6.97. The van der Waals surface area contributed by atoms with Crippen molar-refractivity contribution in [1.29, 1.82) is 0 Å². The summed E-state index contributed by atoms with van der Waals surface area (Å²) in [6.07, 6.45) is 4.71. The smallest absolute Gasteiger partial charge is 0.0272 e. The third kappa shape index (κ3) is 1.10. The fraction of sp³-hybridized carbons (Fsp3) is 0.778. The van der Waals surface area contributed by atoms with Crippen molar-refractivity contribution in [2.24, 2.45) is 11.8 Å². The van der Waals surface area contributed by atoms with Crippen LogP contribution in [0.3, 0.4) is 0 Å². The topological polar surface area (TPSA) is 0 Å². The van der Waals surface area contributed by atoms with Gasteiger partial charge in [0.2, 0.25) is 0 Å². The van der Waals surface area contributed by atoms with Crippen LogP contribution in [0, 0.1) is 23.7 Å². The molecule has 0 bridgehead atoms. The summed E-state index contributed by atoms with van der Waals surface area (Å²) in [6.45, 7) is 0. The van der Waals surface area contributed by atoms with Crippen LogP contribution >= 0.6 is 0 Å². The normalized spacial score (nSPS) is 48.9. The van der Waals surface area contributed by atoms with Gasteiger partial charge in [-0.1, -0.05) is 0 Å². The summed E-state index contributed by atoms with van der Waals surface area (Å²) in [5, 5.41) is 0. The highest BCUT2D eigenvalue weighted by molar-refractivity contribution is 5.04. The Kier molecular flexibility index (Phi) is 1.01. The predicted octanol–water partition coefficient (Wildman–Crippen LogP) is 2.20. The summed E-state index contributed by atoms with van der Waals surface area (Å²) in [5.74, 6) is 7.70. The summed E-state index contributed by atoms with van der Waals surface area (Å²) >= 11 is 0. The van der Waals surface area contributed by atoms with E-state index in [4.69, 9.17) is 1.37 Å². The molecule has 1 fully saturated rings. The molecular weight excluding hydrogens is 108 g/mol. The lowest BCUT2D eigenvalue weighted by molar-refractivity contribution is 0.618. The summed E-state index contributed by atoms with van der Waals surface area (Å²) in [4.78, 5) is 0. The van der Waals surface area contributed by atoms with Gasteiger partial charge in [-0.25, -0.2) is 0 Å². The molecule has 9 heavy (non-hydrogen) atoms. The van der Waals surface area contributed by atoms with E-state index in [9.17, 15) is 0 Å². The molecule has 0 spiro atoms. The molecule has 0 saturated heterocycles. The van der Waals surface area contributed by atoms with E-state index in [0.29, 0.717) is 0 Å². The Bertz CT molecular complexity index is 169. The fourth-order valence-corrected chi connectivity index (χ4v) is 1.53. The third-order valence-electron chi connectivity index (χ3n) is 2.23. The quantitative estimate of drug-likeness (QED) is 0.431. The van der Waals surface area contributed by atoms with Crippen LogP contribution in [0.1, 0.15) is 33.5 Å². The molecule has 1 unspecified atom stereocenters. The van der Waals surface area contributed by atoms with E-state index in [1.165, 1.54) is 12.8 Å². The summed E-state index contributed by atoms with van der Waals surface area (Å²) in [6, 6.07) is 0. The number of rotatable bonds is 0. The van der Waals surface area contributed by atoms with Gasteiger partial charge in [0.25, 0.3) is 0 Å². The lowest BCUT2D eigenvalue weighted by atomic mass is 10.1. The second-order valence-corrected chi connectivity index (χ2v) is 2.95. The van der Waals surface area contributed by atoms with E-state index >= 15 is 0 Å². The third-order valence-corrected chi connectivity index (χ3v) is 2.23. The van der Waals surface area contributed by atoms with E-state index < -0.39 is 0 Å². The lowest BCUT2D eigenvalue weighted by Crippen LogP contribution is -1.85. The van der Waals surface area contributed by atoms with E-state index in [2.05, 4.69) is 11.8 Å². The average Bonchev–Trinajstić information content (AvgIpc) is 2.39. The maximum absolute atomic E-state index is 7.59. The number of fused-ring (bicyclic) bond motifs is 1. The van der Waals surface area contributed by atoms with Crippen molar-refractivity contribution >= 4 is 0 Å². The van der Waals surface area contributed by atoms with Gasteiger partial charge < -0.3 is 0 Å². The molecule has 0 heterocycles. The fourth-order valence-electron chi connectivity index (χ4n) is 1.53. The van der Waals surface area contributed by atoms with Crippen molar-refractivity contribution in [3.8, 4) is 11.8 Å². The van der Waals surface area contributed by atoms with E-state index in [0.717, 1.165) is 24.7 Å². The van der Waals surface area contributed by atoms with Gasteiger partial charge >= 0.3 is 0 Å². The molecule has 0 aromatic rings. The number of hydrogen-bond acceptors (Lipinski definition) is 0. The Balaban J connectivity index is 1.97. The molecule has 0 aromatic carbocycles. The maximum atomic E-state index is 7.59.